The van der Waals surface area contributed by atoms with E-state index in [0.717, 1.165) is 0 Å². The number of rotatable bonds is 3. The summed E-state index contributed by atoms with van der Waals surface area (Å²) in [4.78, 5) is 19.0. The van der Waals surface area contributed by atoms with Gasteiger partial charge in [-0.2, -0.15) is 0 Å². The normalized spacial score (nSPS) is 11.8. The average molecular weight is 180 g/mol. The maximum Gasteiger partial charge on any atom is 0.242 e. The number of nitrogens with zero attached hydrogens (tertiary/aromatic N) is 2. The van der Waals surface area contributed by atoms with Gasteiger partial charge in [0.25, 0.3) is 0 Å². The van der Waals surface area contributed by atoms with E-state index < -0.39 is 0 Å². The second-order valence-corrected chi connectivity index (χ2v) is 2.55. The van der Waals surface area contributed by atoms with Crippen molar-refractivity contribution in [1.29, 1.82) is 0 Å². The van der Waals surface area contributed by atoms with Crippen LogP contribution in [0.2, 0.25) is 0 Å². The molecule has 13 heavy (non-hydrogen) atoms. The standard InChI is InChI=1S/C8H12N4O/c1-6(7(13)9-2)12-8-10-4-3-5-11-8/h3-6H,1-2H3,(H,9,13)(H,10,11,12)/t6-/m1/s1. The highest BCUT2D eigenvalue weighted by molar-refractivity contribution is 5.83. The number of anilines is 1. The molecule has 0 aromatic carbocycles. The van der Waals surface area contributed by atoms with Gasteiger partial charge in [0.05, 0.1) is 0 Å². The highest BCUT2D eigenvalue weighted by Crippen LogP contribution is 1.97. The zero-order valence-corrected chi connectivity index (χ0v) is 7.61. The van der Waals surface area contributed by atoms with E-state index in [4.69, 9.17) is 0 Å². The van der Waals surface area contributed by atoms with Crippen LogP contribution >= 0.6 is 0 Å². The van der Waals surface area contributed by atoms with Crippen LogP contribution in [-0.4, -0.2) is 29.0 Å². The lowest BCUT2D eigenvalue weighted by Crippen LogP contribution is -2.35. The van der Waals surface area contributed by atoms with Crippen molar-refractivity contribution in [2.75, 3.05) is 12.4 Å². The van der Waals surface area contributed by atoms with E-state index in [0.29, 0.717) is 5.95 Å². The predicted octanol–water partition coefficient (Wildman–Crippen LogP) is 0.0230. The molecule has 0 aliphatic carbocycles. The molecule has 0 aliphatic heterocycles. The number of hydrogen-bond donors (Lipinski definition) is 2. The summed E-state index contributed by atoms with van der Waals surface area (Å²) >= 11 is 0. The number of aromatic nitrogens is 2. The van der Waals surface area contributed by atoms with Crippen molar-refractivity contribution in [3.8, 4) is 0 Å². The molecule has 0 spiro atoms. The molecule has 1 aromatic rings. The van der Waals surface area contributed by atoms with Gasteiger partial charge in [0.15, 0.2) is 0 Å². The molecule has 5 heteroatoms. The lowest BCUT2D eigenvalue weighted by atomic mass is 10.3. The zero-order chi connectivity index (χ0) is 9.68. The fraction of sp³-hybridized carbons (Fsp3) is 0.375. The third kappa shape index (κ3) is 2.70. The second-order valence-electron chi connectivity index (χ2n) is 2.55. The molecule has 1 rings (SSSR count). The molecule has 5 nitrogen and oxygen atoms in total. The first-order valence-electron chi connectivity index (χ1n) is 3.99. The Labute approximate surface area is 76.6 Å². The lowest BCUT2D eigenvalue weighted by Gasteiger charge is -2.10. The molecule has 0 aliphatic rings. The monoisotopic (exact) mass is 180 g/mol. The molecule has 1 heterocycles. The van der Waals surface area contributed by atoms with Crippen molar-refractivity contribution in [1.82, 2.24) is 15.3 Å². The molecular weight excluding hydrogens is 168 g/mol. The van der Waals surface area contributed by atoms with Crippen molar-refractivity contribution in [2.45, 2.75) is 13.0 Å². The quantitative estimate of drug-likeness (QED) is 0.688. The minimum absolute atomic E-state index is 0.0903. The highest BCUT2D eigenvalue weighted by atomic mass is 16.2. The average Bonchev–Trinajstić information content (AvgIpc) is 2.18. The molecular formula is C8H12N4O. The number of carbonyl (C=O) groups excluding carboxylic acids is 1. The van der Waals surface area contributed by atoms with Crippen LogP contribution in [0, 0.1) is 0 Å². The smallest absolute Gasteiger partial charge is 0.242 e. The molecule has 1 amide bonds. The van der Waals surface area contributed by atoms with Gasteiger partial charge in [-0.1, -0.05) is 0 Å². The van der Waals surface area contributed by atoms with E-state index >= 15 is 0 Å². The third-order valence-electron chi connectivity index (χ3n) is 1.55. The summed E-state index contributed by atoms with van der Waals surface area (Å²) in [6.45, 7) is 1.75. The topological polar surface area (TPSA) is 66.9 Å². The van der Waals surface area contributed by atoms with Crippen LogP contribution in [-0.2, 0) is 4.79 Å². The summed E-state index contributed by atoms with van der Waals surface area (Å²) < 4.78 is 0. The SMILES string of the molecule is CNC(=O)[C@@H](C)Nc1ncccn1. The Balaban J connectivity index is 2.55. The highest BCUT2D eigenvalue weighted by Gasteiger charge is 2.10. The van der Waals surface area contributed by atoms with E-state index in [9.17, 15) is 4.79 Å². The fourth-order valence-electron chi connectivity index (χ4n) is 0.849. The number of carbonyl (C=O) groups is 1. The van der Waals surface area contributed by atoms with E-state index in [1.54, 1.807) is 32.4 Å². The molecule has 0 radical (unpaired) electrons. The molecule has 70 valence electrons. The Bertz CT molecular complexity index is 275. The summed E-state index contributed by atoms with van der Waals surface area (Å²) in [6, 6.07) is 1.39. The third-order valence-corrected chi connectivity index (χ3v) is 1.55. The van der Waals surface area contributed by atoms with Gasteiger partial charge < -0.3 is 10.6 Å². The van der Waals surface area contributed by atoms with Crippen LogP contribution in [0.1, 0.15) is 6.92 Å². The van der Waals surface area contributed by atoms with Gasteiger partial charge >= 0.3 is 0 Å². The van der Waals surface area contributed by atoms with Gasteiger partial charge in [0.1, 0.15) is 6.04 Å². The molecule has 0 saturated heterocycles. The van der Waals surface area contributed by atoms with Crippen molar-refractivity contribution in [3.05, 3.63) is 18.5 Å². The van der Waals surface area contributed by atoms with Crippen LogP contribution in [0.3, 0.4) is 0 Å². The van der Waals surface area contributed by atoms with Crippen LogP contribution in [0.25, 0.3) is 0 Å². The van der Waals surface area contributed by atoms with Gasteiger partial charge in [-0.05, 0) is 13.0 Å². The lowest BCUT2D eigenvalue weighted by molar-refractivity contribution is -0.121. The number of nitrogens with one attached hydrogen (secondary N) is 2. The van der Waals surface area contributed by atoms with E-state index in [2.05, 4.69) is 20.6 Å². The van der Waals surface area contributed by atoms with E-state index in [-0.39, 0.29) is 11.9 Å². The van der Waals surface area contributed by atoms with Gasteiger partial charge in [0.2, 0.25) is 11.9 Å². The van der Waals surface area contributed by atoms with Crippen molar-refractivity contribution >= 4 is 11.9 Å². The predicted molar refractivity (Wildman–Crippen MR) is 49.2 cm³/mol. The van der Waals surface area contributed by atoms with Gasteiger partial charge in [-0.3, -0.25) is 4.79 Å². The Morgan fingerprint density at radius 2 is 2.08 bits per heavy atom. The Kier molecular flexibility index (Phi) is 3.19. The van der Waals surface area contributed by atoms with Crippen LogP contribution < -0.4 is 10.6 Å². The van der Waals surface area contributed by atoms with E-state index in [1.807, 2.05) is 0 Å². The molecule has 2 N–H and O–H groups in total. The summed E-state index contributed by atoms with van der Waals surface area (Å²) in [5.74, 6) is 0.367. The summed E-state index contributed by atoms with van der Waals surface area (Å²) in [6.07, 6.45) is 3.23. The Morgan fingerprint density at radius 1 is 1.46 bits per heavy atom. The molecule has 1 atom stereocenters. The molecule has 1 aromatic heterocycles. The van der Waals surface area contributed by atoms with Gasteiger partial charge in [-0.25, -0.2) is 9.97 Å². The molecule has 0 saturated carbocycles. The van der Waals surface area contributed by atoms with Gasteiger partial charge in [-0.15, -0.1) is 0 Å². The van der Waals surface area contributed by atoms with Crippen molar-refractivity contribution < 1.29 is 4.79 Å². The minimum Gasteiger partial charge on any atom is -0.357 e. The second kappa shape index (κ2) is 4.39. The first kappa shape index (κ1) is 9.44. The number of amides is 1. The fourth-order valence-corrected chi connectivity index (χ4v) is 0.849. The molecule has 0 fully saturated rings. The van der Waals surface area contributed by atoms with Crippen LogP contribution in [0.4, 0.5) is 5.95 Å². The largest absolute Gasteiger partial charge is 0.357 e. The maximum atomic E-state index is 11.1. The summed E-state index contributed by atoms with van der Waals surface area (Å²) in [5.41, 5.74) is 0. The number of hydrogen-bond acceptors (Lipinski definition) is 4. The first-order chi connectivity index (χ1) is 6.24. The Morgan fingerprint density at radius 3 is 2.62 bits per heavy atom. The maximum absolute atomic E-state index is 11.1. The van der Waals surface area contributed by atoms with Crippen LogP contribution in [0.5, 0.6) is 0 Å². The van der Waals surface area contributed by atoms with Gasteiger partial charge in [0, 0.05) is 19.4 Å². The van der Waals surface area contributed by atoms with Crippen molar-refractivity contribution in [2.24, 2.45) is 0 Å². The van der Waals surface area contributed by atoms with Crippen LogP contribution in [0.15, 0.2) is 18.5 Å². The molecule has 0 unspecified atom stereocenters. The van der Waals surface area contributed by atoms with Crippen molar-refractivity contribution in [3.63, 3.8) is 0 Å². The minimum atomic E-state index is -0.326. The van der Waals surface area contributed by atoms with E-state index in [1.165, 1.54) is 0 Å². The summed E-state index contributed by atoms with van der Waals surface area (Å²) in [7, 11) is 1.59. The molecule has 0 bridgehead atoms. The summed E-state index contributed by atoms with van der Waals surface area (Å²) in [5, 5.41) is 5.39. The first-order valence-corrected chi connectivity index (χ1v) is 3.99. The number of likely N-dealkylation sites (N-methyl/N-ethyl adjacent to an activating group) is 1. The Hall–Kier alpha value is -1.65. The zero-order valence-electron chi connectivity index (χ0n) is 7.61.